The van der Waals surface area contributed by atoms with Crippen LogP contribution in [-0.4, -0.2) is 9.67 Å². The lowest BCUT2D eigenvalue weighted by Gasteiger charge is -2.29. The van der Waals surface area contributed by atoms with Gasteiger partial charge >= 0.3 is 0 Å². The molecular formula is C22H18BrNO. The van der Waals surface area contributed by atoms with E-state index in [1.165, 1.54) is 0 Å². The number of benzene rings is 3. The Morgan fingerprint density at radius 2 is 1.36 bits per heavy atom. The van der Waals surface area contributed by atoms with Crippen molar-refractivity contribution in [1.82, 2.24) is 4.57 Å². The molecule has 4 aromatic rings. The van der Waals surface area contributed by atoms with Crippen molar-refractivity contribution < 1.29 is 5.11 Å². The van der Waals surface area contributed by atoms with E-state index >= 15 is 0 Å². The molecule has 3 heteroatoms. The Hall–Kier alpha value is -2.52. The highest BCUT2D eigenvalue weighted by Gasteiger charge is 2.36. The molecule has 0 aliphatic heterocycles. The normalized spacial score (nSPS) is 11.8. The summed E-state index contributed by atoms with van der Waals surface area (Å²) < 4.78 is 1.49. The van der Waals surface area contributed by atoms with Crippen molar-refractivity contribution in [3.63, 3.8) is 0 Å². The Labute approximate surface area is 155 Å². The minimum absolute atomic E-state index is 0.294. The van der Waals surface area contributed by atoms with Gasteiger partial charge in [0.15, 0.2) is 0 Å². The van der Waals surface area contributed by atoms with Gasteiger partial charge in [-0.25, -0.2) is 0 Å². The molecule has 1 aromatic heterocycles. The molecule has 124 valence electrons. The van der Waals surface area contributed by atoms with Crippen molar-refractivity contribution in [3.8, 4) is 5.75 Å². The van der Waals surface area contributed by atoms with Crippen LogP contribution in [0.25, 0.3) is 10.9 Å². The standard InChI is InChI=1S/C22H18BrNO/c1-24-15-19(18-13-8-14-20(25)21(18)24)22(23,16-9-4-2-5-10-16)17-11-6-3-7-12-17/h2-15,25H,1H3. The third-order valence-electron chi connectivity index (χ3n) is 4.69. The van der Waals surface area contributed by atoms with Crippen LogP contribution in [0.3, 0.4) is 0 Å². The minimum atomic E-state index is -0.497. The van der Waals surface area contributed by atoms with Crippen LogP contribution in [0.15, 0.2) is 85.1 Å². The van der Waals surface area contributed by atoms with E-state index < -0.39 is 4.32 Å². The second-order valence-electron chi connectivity index (χ2n) is 6.22. The van der Waals surface area contributed by atoms with Gasteiger partial charge in [-0.1, -0.05) is 88.7 Å². The Morgan fingerprint density at radius 1 is 0.800 bits per heavy atom. The summed E-state index contributed by atoms with van der Waals surface area (Å²) in [6.45, 7) is 0. The maximum atomic E-state index is 10.3. The maximum absolute atomic E-state index is 10.3. The van der Waals surface area contributed by atoms with E-state index in [1.807, 2.05) is 29.8 Å². The summed E-state index contributed by atoms with van der Waals surface area (Å²) in [6.07, 6.45) is 2.10. The molecule has 0 aliphatic rings. The fourth-order valence-corrected chi connectivity index (χ4v) is 4.38. The summed E-state index contributed by atoms with van der Waals surface area (Å²) in [7, 11) is 1.97. The lowest BCUT2D eigenvalue weighted by atomic mass is 9.84. The maximum Gasteiger partial charge on any atom is 0.139 e. The lowest BCUT2D eigenvalue weighted by molar-refractivity contribution is 0.479. The van der Waals surface area contributed by atoms with Gasteiger partial charge in [0.2, 0.25) is 0 Å². The Kier molecular flexibility index (Phi) is 3.89. The molecule has 2 nitrogen and oxygen atoms in total. The third kappa shape index (κ3) is 2.47. The molecule has 0 saturated heterocycles. The highest BCUT2D eigenvalue weighted by atomic mass is 79.9. The first-order valence-electron chi connectivity index (χ1n) is 8.20. The fraction of sp³-hybridized carbons (Fsp3) is 0.0909. The number of hydrogen-bond acceptors (Lipinski definition) is 1. The SMILES string of the molecule is Cn1cc(C(Br)(c2ccccc2)c2ccccc2)c2cccc(O)c21. The largest absolute Gasteiger partial charge is 0.506 e. The summed E-state index contributed by atoms with van der Waals surface area (Å²) in [5.74, 6) is 0.294. The summed E-state index contributed by atoms with van der Waals surface area (Å²) in [5.41, 5.74) is 4.25. The van der Waals surface area contributed by atoms with Crippen LogP contribution in [0.5, 0.6) is 5.75 Å². The third-order valence-corrected chi connectivity index (χ3v) is 6.04. The van der Waals surface area contributed by atoms with E-state index in [4.69, 9.17) is 0 Å². The number of halogens is 1. The fourth-order valence-electron chi connectivity index (χ4n) is 3.53. The quantitative estimate of drug-likeness (QED) is 0.453. The van der Waals surface area contributed by atoms with Gasteiger partial charge in [-0.2, -0.15) is 0 Å². The zero-order valence-corrected chi connectivity index (χ0v) is 15.4. The number of rotatable bonds is 3. The lowest BCUT2D eigenvalue weighted by Crippen LogP contribution is -2.21. The molecule has 0 atom stereocenters. The molecule has 0 saturated carbocycles. The number of alkyl halides is 1. The molecule has 4 rings (SSSR count). The summed E-state index contributed by atoms with van der Waals surface area (Å²) >= 11 is 4.07. The van der Waals surface area contributed by atoms with Crippen molar-refractivity contribution in [1.29, 1.82) is 0 Å². The molecule has 0 bridgehead atoms. The average molecular weight is 392 g/mol. The molecule has 3 aromatic carbocycles. The van der Waals surface area contributed by atoms with Crippen LogP contribution < -0.4 is 0 Å². The van der Waals surface area contributed by atoms with Crippen molar-refractivity contribution >= 4 is 26.8 Å². The molecule has 25 heavy (non-hydrogen) atoms. The van der Waals surface area contributed by atoms with E-state index in [-0.39, 0.29) is 0 Å². The molecule has 0 spiro atoms. The number of aromatic hydroxyl groups is 1. The topological polar surface area (TPSA) is 25.2 Å². The first-order valence-corrected chi connectivity index (χ1v) is 8.99. The van der Waals surface area contributed by atoms with Crippen molar-refractivity contribution in [3.05, 3.63) is 102 Å². The van der Waals surface area contributed by atoms with E-state index in [1.54, 1.807) is 6.07 Å². The number of phenols is 1. The van der Waals surface area contributed by atoms with Crippen LogP contribution in [0.1, 0.15) is 16.7 Å². The number of phenolic OH excluding ortho intramolecular Hbond substituents is 1. The van der Waals surface area contributed by atoms with Gasteiger partial charge in [-0.15, -0.1) is 0 Å². The molecule has 1 heterocycles. The summed E-state index contributed by atoms with van der Waals surface area (Å²) in [4.78, 5) is 0. The van der Waals surface area contributed by atoms with Crippen LogP contribution in [0, 0.1) is 0 Å². The monoisotopic (exact) mass is 391 g/mol. The minimum Gasteiger partial charge on any atom is -0.506 e. The Morgan fingerprint density at radius 3 is 1.92 bits per heavy atom. The van der Waals surface area contributed by atoms with E-state index in [2.05, 4.69) is 76.7 Å². The highest BCUT2D eigenvalue weighted by Crippen LogP contribution is 2.48. The first-order chi connectivity index (χ1) is 12.1. The number of aryl methyl sites for hydroxylation is 1. The van der Waals surface area contributed by atoms with Crippen LogP contribution in [0.2, 0.25) is 0 Å². The second-order valence-corrected chi connectivity index (χ2v) is 7.41. The molecular weight excluding hydrogens is 374 g/mol. The number of hydrogen-bond donors (Lipinski definition) is 1. The van der Waals surface area contributed by atoms with Crippen LogP contribution in [0.4, 0.5) is 0 Å². The van der Waals surface area contributed by atoms with Gasteiger partial charge in [-0.3, -0.25) is 0 Å². The van der Waals surface area contributed by atoms with Gasteiger partial charge in [0, 0.05) is 24.2 Å². The van der Waals surface area contributed by atoms with Crippen molar-refractivity contribution in [2.75, 3.05) is 0 Å². The van der Waals surface area contributed by atoms with E-state index in [9.17, 15) is 5.11 Å². The number of nitrogens with zero attached hydrogens (tertiary/aromatic N) is 1. The molecule has 0 fully saturated rings. The number of aromatic nitrogens is 1. The molecule has 0 radical (unpaired) electrons. The predicted octanol–water partition coefficient (Wildman–Crippen LogP) is 5.57. The van der Waals surface area contributed by atoms with Gasteiger partial charge in [-0.05, 0) is 17.2 Å². The smallest absolute Gasteiger partial charge is 0.139 e. The summed E-state index contributed by atoms with van der Waals surface area (Å²) in [5, 5.41) is 11.4. The number of fused-ring (bicyclic) bond motifs is 1. The second kappa shape index (κ2) is 6.08. The predicted molar refractivity (Wildman–Crippen MR) is 106 cm³/mol. The highest BCUT2D eigenvalue weighted by molar-refractivity contribution is 9.10. The zero-order valence-electron chi connectivity index (χ0n) is 13.9. The van der Waals surface area contributed by atoms with Crippen molar-refractivity contribution in [2.24, 2.45) is 7.05 Å². The average Bonchev–Trinajstić information content (AvgIpc) is 3.01. The Bertz CT molecular complexity index is 983. The van der Waals surface area contributed by atoms with Crippen LogP contribution >= 0.6 is 15.9 Å². The van der Waals surface area contributed by atoms with Crippen molar-refractivity contribution in [2.45, 2.75) is 4.32 Å². The Balaban J connectivity index is 2.09. The van der Waals surface area contributed by atoms with Gasteiger partial charge < -0.3 is 9.67 Å². The van der Waals surface area contributed by atoms with E-state index in [0.29, 0.717) is 5.75 Å². The molecule has 0 amide bonds. The number of para-hydroxylation sites is 1. The van der Waals surface area contributed by atoms with Gasteiger partial charge in [0.1, 0.15) is 10.1 Å². The molecule has 0 aliphatic carbocycles. The van der Waals surface area contributed by atoms with E-state index in [0.717, 1.165) is 27.6 Å². The molecule has 1 N–H and O–H groups in total. The molecule has 0 unspecified atom stereocenters. The summed E-state index contributed by atoms with van der Waals surface area (Å²) in [6, 6.07) is 26.5. The first kappa shape index (κ1) is 16.0. The van der Waals surface area contributed by atoms with Gasteiger partial charge in [0.05, 0.1) is 5.52 Å². The van der Waals surface area contributed by atoms with Gasteiger partial charge in [0.25, 0.3) is 0 Å². The zero-order chi connectivity index (χ0) is 17.4. The van der Waals surface area contributed by atoms with Crippen LogP contribution in [-0.2, 0) is 11.4 Å².